The summed E-state index contributed by atoms with van der Waals surface area (Å²) in [4.78, 5) is 11.4. The van der Waals surface area contributed by atoms with Crippen molar-refractivity contribution in [3.05, 3.63) is 28.8 Å². The van der Waals surface area contributed by atoms with Crippen LogP contribution in [0.5, 0.6) is 0 Å². The van der Waals surface area contributed by atoms with Crippen molar-refractivity contribution in [1.82, 2.24) is 4.72 Å². The van der Waals surface area contributed by atoms with E-state index in [-0.39, 0.29) is 28.1 Å². The van der Waals surface area contributed by atoms with Gasteiger partial charge in [0, 0.05) is 12.6 Å². The summed E-state index contributed by atoms with van der Waals surface area (Å²) in [5.41, 5.74) is 5.98. The lowest BCUT2D eigenvalue weighted by Crippen LogP contribution is -2.38. The van der Waals surface area contributed by atoms with Gasteiger partial charge in [0.15, 0.2) is 0 Å². The van der Waals surface area contributed by atoms with Crippen molar-refractivity contribution in [2.24, 2.45) is 11.7 Å². The Morgan fingerprint density at radius 1 is 1.52 bits per heavy atom. The Bertz CT molecular complexity index is 644. The standard InChI is InChI=1S/C13H17ClN2O4S/c1-20-13(17)10-5-4-9(6-11(10)14)21(18,19)16-7-12(15)8-2-3-8/h4-6,8,12,16H,2-3,7,15H2,1H3/t12-/m1/s1. The summed E-state index contributed by atoms with van der Waals surface area (Å²) in [5.74, 6) is -0.217. The van der Waals surface area contributed by atoms with E-state index in [0.29, 0.717) is 5.92 Å². The van der Waals surface area contributed by atoms with Gasteiger partial charge in [0.2, 0.25) is 10.0 Å². The third-order valence-electron chi connectivity index (χ3n) is 3.39. The molecule has 0 saturated heterocycles. The molecular formula is C13H17ClN2O4S. The fraction of sp³-hybridized carbons (Fsp3) is 0.462. The maximum Gasteiger partial charge on any atom is 0.339 e. The van der Waals surface area contributed by atoms with E-state index in [0.717, 1.165) is 12.8 Å². The van der Waals surface area contributed by atoms with E-state index >= 15 is 0 Å². The summed E-state index contributed by atoms with van der Waals surface area (Å²) in [6.45, 7) is 0.184. The van der Waals surface area contributed by atoms with Crippen molar-refractivity contribution in [2.75, 3.05) is 13.7 Å². The third kappa shape index (κ3) is 3.94. The minimum absolute atomic E-state index is 0.0110. The van der Waals surface area contributed by atoms with Gasteiger partial charge >= 0.3 is 5.97 Å². The van der Waals surface area contributed by atoms with Crippen LogP contribution in [0.15, 0.2) is 23.1 Å². The number of nitrogens with two attached hydrogens (primary N) is 1. The molecular weight excluding hydrogens is 316 g/mol. The first-order chi connectivity index (χ1) is 9.85. The molecule has 0 spiro atoms. The Labute approximate surface area is 128 Å². The number of halogens is 1. The largest absolute Gasteiger partial charge is 0.465 e. The van der Waals surface area contributed by atoms with Gasteiger partial charge in [-0.05, 0) is 37.0 Å². The number of esters is 1. The van der Waals surface area contributed by atoms with Gasteiger partial charge in [-0.1, -0.05) is 11.6 Å². The summed E-state index contributed by atoms with van der Waals surface area (Å²) in [5, 5.41) is 0.0243. The smallest absolute Gasteiger partial charge is 0.339 e. The van der Waals surface area contributed by atoms with Crippen LogP contribution in [0.2, 0.25) is 5.02 Å². The predicted molar refractivity (Wildman–Crippen MR) is 78.7 cm³/mol. The van der Waals surface area contributed by atoms with Crippen molar-refractivity contribution in [1.29, 1.82) is 0 Å². The van der Waals surface area contributed by atoms with Crippen LogP contribution in [0.3, 0.4) is 0 Å². The number of methoxy groups -OCH3 is 1. The number of carbonyl (C=O) groups is 1. The molecule has 2 rings (SSSR count). The Morgan fingerprint density at radius 2 is 2.19 bits per heavy atom. The molecule has 0 aromatic heterocycles. The van der Waals surface area contributed by atoms with Crippen LogP contribution in [-0.2, 0) is 14.8 Å². The lowest BCUT2D eigenvalue weighted by molar-refractivity contribution is 0.0601. The van der Waals surface area contributed by atoms with E-state index in [1.54, 1.807) is 0 Å². The van der Waals surface area contributed by atoms with Crippen molar-refractivity contribution >= 4 is 27.6 Å². The molecule has 3 N–H and O–H groups in total. The van der Waals surface area contributed by atoms with E-state index in [9.17, 15) is 13.2 Å². The van der Waals surface area contributed by atoms with Gasteiger partial charge in [-0.15, -0.1) is 0 Å². The summed E-state index contributed by atoms with van der Waals surface area (Å²) in [6.07, 6.45) is 2.09. The number of nitrogens with one attached hydrogen (secondary N) is 1. The predicted octanol–water partition coefficient (Wildman–Crippen LogP) is 1.14. The molecule has 1 saturated carbocycles. The van der Waals surface area contributed by atoms with Crippen molar-refractivity contribution in [2.45, 2.75) is 23.8 Å². The van der Waals surface area contributed by atoms with Gasteiger partial charge in [-0.3, -0.25) is 0 Å². The Morgan fingerprint density at radius 3 is 2.71 bits per heavy atom. The number of hydrogen-bond acceptors (Lipinski definition) is 5. The minimum Gasteiger partial charge on any atom is -0.465 e. The molecule has 1 aromatic carbocycles. The van der Waals surface area contributed by atoms with Gasteiger partial charge in [0.05, 0.1) is 22.6 Å². The van der Waals surface area contributed by atoms with Gasteiger partial charge in [-0.2, -0.15) is 0 Å². The maximum atomic E-state index is 12.1. The molecule has 21 heavy (non-hydrogen) atoms. The average Bonchev–Trinajstić information content (AvgIpc) is 3.28. The first-order valence-electron chi connectivity index (χ1n) is 6.48. The highest BCUT2D eigenvalue weighted by atomic mass is 35.5. The van der Waals surface area contributed by atoms with Gasteiger partial charge in [-0.25, -0.2) is 17.9 Å². The number of rotatable bonds is 6. The quantitative estimate of drug-likeness (QED) is 0.761. The van der Waals surface area contributed by atoms with Gasteiger partial charge in [0.1, 0.15) is 0 Å². The molecule has 8 heteroatoms. The fourth-order valence-corrected chi connectivity index (χ4v) is 3.34. The molecule has 0 amide bonds. The minimum atomic E-state index is -3.70. The average molecular weight is 333 g/mol. The van der Waals surface area contributed by atoms with E-state index in [1.807, 2.05) is 0 Å². The fourth-order valence-electron chi connectivity index (χ4n) is 1.92. The highest BCUT2D eigenvalue weighted by molar-refractivity contribution is 7.89. The van der Waals surface area contributed by atoms with E-state index in [2.05, 4.69) is 9.46 Å². The molecule has 0 radical (unpaired) electrons. The normalized spacial score (nSPS) is 16.5. The van der Waals surface area contributed by atoms with Crippen LogP contribution < -0.4 is 10.5 Å². The second-order valence-corrected chi connectivity index (χ2v) is 7.16. The van der Waals surface area contributed by atoms with E-state index in [4.69, 9.17) is 17.3 Å². The molecule has 0 bridgehead atoms. The molecule has 0 aliphatic heterocycles. The van der Waals surface area contributed by atoms with Crippen molar-refractivity contribution in [3.63, 3.8) is 0 Å². The zero-order valence-electron chi connectivity index (χ0n) is 11.5. The Kier molecular flexibility index (Phi) is 4.88. The molecule has 1 fully saturated rings. The highest BCUT2D eigenvalue weighted by Gasteiger charge is 2.29. The summed E-state index contributed by atoms with van der Waals surface area (Å²) >= 11 is 5.91. The van der Waals surface area contributed by atoms with E-state index in [1.165, 1.54) is 25.3 Å². The topological polar surface area (TPSA) is 98.5 Å². The van der Waals surface area contributed by atoms with Crippen molar-refractivity contribution < 1.29 is 17.9 Å². The van der Waals surface area contributed by atoms with Crippen LogP contribution >= 0.6 is 11.6 Å². The molecule has 1 aliphatic rings. The van der Waals surface area contributed by atoms with Gasteiger partial charge in [0.25, 0.3) is 0 Å². The molecule has 116 valence electrons. The monoisotopic (exact) mass is 332 g/mol. The second kappa shape index (κ2) is 6.31. The molecule has 0 heterocycles. The summed E-state index contributed by atoms with van der Waals surface area (Å²) in [7, 11) is -2.47. The Balaban J connectivity index is 2.12. The summed E-state index contributed by atoms with van der Waals surface area (Å²) < 4.78 is 31.3. The lowest BCUT2D eigenvalue weighted by atomic mass is 10.2. The highest BCUT2D eigenvalue weighted by Crippen LogP contribution is 2.31. The number of carbonyl (C=O) groups excluding carboxylic acids is 1. The van der Waals surface area contributed by atoms with Crippen LogP contribution in [0, 0.1) is 5.92 Å². The van der Waals surface area contributed by atoms with Crippen LogP contribution in [-0.4, -0.2) is 34.1 Å². The van der Waals surface area contributed by atoms with Crippen LogP contribution in [0.1, 0.15) is 23.2 Å². The Hall–Kier alpha value is -1.15. The molecule has 6 nitrogen and oxygen atoms in total. The first-order valence-corrected chi connectivity index (χ1v) is 8.34. The zero-order valence-corrected chi connectivity index (χ0v) is 13.1. The number of benzene rings is 1. The maximum absolute atomic E-state index is 12.1. The molecule has 1 aromatic rings. The zero-order chi connectivity index (χ0) is 15.6. The second-order valence-electron chi connectivity index (χ2n) is 4.99. The molecule has 1 aliphatic carbocycles. The molecule has 0 unspecified atom stereocenters. The van der Waals surface area contributed by atoms with Gasteiger partial charge < -0.3 is 10.5 Å². The van der Waals surface area contributed by atoms with Crippen LogP contribution in [0.25, 0.3) is 0 Å². The lowest BCUT2D eigenvalue weighted by Gasteiger charge is -2.12. The van der Waals surface area contributed by atoms with E-state index < -0.39 is 16.0 Å². The number of hydrogen-bond donors (Lipinski definition) is 2. The summed E-state index contributed by atoms with van der Waals surface area (Å²) in [6, 6.07) is 3.68. The van der Waals surface area contributed by atoms with Crippen LogP contribution in [0.4, 0.5) is 0 Å². The number of sulfonamides is 1. The SMILES string of the molecule is COC(=O)c1ccc(S(=O)(=O)NC[C@@H](N)C2CC2)cc1Cl. The molecule has 1 atom stereocenters. The number of ether oxygens (including phenoxy) is 1. The third-order valence-corrected chi connectivity index (χ3v) is 5.13. The van der Waals surface area contributed by atoms with Crippen molar-refractivity contribution in [3.8, 4) is 0 Å². The first kappa shape index (κ1) is 16.2.